The van der Waals surface area contributed by atoms with Crippen molar-refractivity contribution in [3.8, 4) is 0 Å². The van der Waals surface area contributed by atoms with Crippen molar-refractivity contribution in [1.29, 1.82) is 0 Å². The van der Waals surface area contributed by atoms with Gasteiger partial charge in [0.1, 0.15) is 5.82 Å². The average Bonchev–Trinajstić information content (AvgIpc) is 2.50. The van der Waals surface area contributed by atoms with Crippen molar-refractivity contribution < 1.29 is 4.39 Å². The molecular weight excluding hydrogens is 323 g/mol. The van der Waals surface area contributed by atoms with Gasteiger partial charge in [0.15, 0.2) is 0 Å². The van der Waals surface area contributed by atoms with E-state index in [-0.39, 0.29) is 15.5 Å². The van der Waals surface area contributed by atoms with Crippen LogP contribution in [0, 0.1) is 5.82 Å². The smallest absolute Gasteiger partial charge is 0.128 e. The molecule has 0 aliphatic heterocycles. The second-order valence-corrected chi connectivity index (χ2v) is 5.68. The van der Waals surface area contributed by atoms with Crippen LogP contribution in [0.5, 0.6) is 0 Å². The molecule has 15 heavy (non-hydrogen) atoms. The first-order valence-corrected chi connectivity index (χ1v) is 6.52. The number of halogens is 3. The van der Waals surface area contributed by atoms with E-state index in [1.165, 1.54) is 5.56 Å². The van der Waals surface area contributed by atoms with Crippen LogP contribution in [-0.2, 0) is 0 Å². The summed E-state index contributed by atoms with van der Waals surface area (Å²) in [6, 6.07) is 9.46. The van der Waals surface area contributed by atoms with Gasteiger partial charge in [-0.2, -0.15) is 0 Å². The largest absolute Gasteiger partial charge is 0.207 e. The molecule has 0 aromatic heterocycles. The van der Waals surface area contributed by atoms with E-state index in [9.17, 15) is 4.39 Å². The average molecular weight is 330 g/mol. The molecule has 1 aliphatic carbocycles. The third kappa shape index (κ3) is 1.23. The minimum Gasteiger partial charge on any atom is -0.207 e. The van der Waals surface area contributed by atoms with Crippen LogP contribution in [-0.4, -0.2) is 0 Å². The Labute approximate surface area is 104 Å². The third-order valence-corrected chi connectivity index (χ3v) is 5.61. The summed E-state index contributed by atoms with van der Waals surface area (Å²) in [6.45, 7) is 0. The van der Waals surface area contributed by atoms with E-state index < -0.39 is 0 Å². The normalized spacial score (nSPS) is 23.7. The molecule has 2 atom stereocenters. The fraction of sp³-hybridized carbons (Fsp3) is 0.167. The monoisotopic (exact) mass is 328 g/mol. The molecule has 0 unspecified atom stereocenters. The lowest BCUT2D eigenvalue weighted by Gasteiger charge is -2.07. The van der Waals surface area contributed by atoms with Gasteiger partial charge in [0.25, 0.3) is 0 Å². The minimum atomic E-state index is -0.126. The van der Waals surface area contributed by atoms with Crippen molar-refractivity contribution in [2.24, 2.45) is 0 Å². The van der Waals surface area contributed by atoms with Crippen LogP contribution in [0.15, 0.2) is 30.3 Å². The number of benzene rings is 2. The van der Waals surface area contributed by atoms with Crippen LogP contribution < -0.4 is 0 Å². The number of hydrogen-bond donors (Lipinski definition) is 0. The SMILES string of the molecule is Fc1ccc2cccc3c2c1[C@@H](Br)[C@@H]3Br. The van der Waals surface area contributed by atoms with Gasteiger partial charge in [-0.05, 0) is 22.4 Å². The lowest BCUT2D eigenvalue weighted by molar-refractivity contribution is 0.614. The van der Waals surface area contributed by atoms with Gasteiger partial charge < -0.3 is 0 Å². The summed E-state index contributed by atoms with van der Waals surface area (Å²) < 4.78 is 13.7. The topological polar surface area (TPSA) is 0 Å². The first kappa shape index (κ1) is 9.79. The molecule has 0 bridgehead atoms. The zero-order valence-corrected chi connectivity index (χ0v) is 10.8. The molecule has 0 N–H and O–H groups in total. The maximum Gasteiger partial charge on any atom is 0.128 e. The van der Waals surface area contributed by atoms with Crippen LogP contribution >= 0.6 is 31.9 Å². The van der Waals surface area contributed by atoms with Gasteiger partial charge in [0.05, 0.1) is 9.65 Å². The first-order chi connectivity index (χ1) is 7.20. The minimum absolute atomic E-state index is 0.0265. The van der Waals surface area contributed by atoms with Crippen LogP contribution in [0.1, 0.15) is 20.8 Å². The number of hydrogen-bond acceptors (Lipinski definition) is 0. The Morgan fingerprint density at radius 3 is 2.60 bits per heavy atom. The zero-order valence-electron chi connectivity index (χ0n) is 7.68. The molecule has 2 aromatic carbocycles. The van der Waals surface area contributed by atoms with Crippen molar-refractivity contribution in [1.82, 2.24) is 0 Å². The summed E-state index contributed by atoms with van der Waals surface area (Å²) in [7, 11) is 0. The van der Waals surface area contributed by atoms with E-state index in [1.807, 2.05) is 24.3 Å². The zero-order chi connectivity index (χ0) is 10.6. The van der Waals surface area contributed by atoms with E-state index in [2.05, 4.69) is 31.9 Å². The Balaban J connectivity index is 2.51. The molecule has 76 valence electrons. The van der Waals surface area contributed by atoms with Gasteiger partial charge in [-0.1, -0.05) is 56.1 Å². The second kappa shape index (κ2) is 3.29. The van der Waals surface area contributed by atoms with Gasteiger partial charge in [-0.25, -0.2) is 4.39 Å². The van der Waals surface area contributed by atoms with Crippen LogP contribution in [0.3, 0.4) is 0 Å². The van der Waals surface area contributed by atoms with Gasteiger partial charge in [-0.15, -0.1) is 0 Å². The van der Waals surface area contributed by atoms with E-state index in [4.69, 9.17) is 0 Å². The van der Waals surface area contributed by atoms with Crippen molar-refractivity contribution >= 4 is 42.6 Å². The predicted molar refractivity (Wildman–Crippen MR) is 67.2 cm³/mol. The highest BCUT2D eigenvalue weighted by atomic mass is 79.9. The van der Waals surface area contributed by atoms with Crippen molar-refractivity contribution in [2.75, 3.05) is 0 Å². The summed E-state index contributed by atoms with van der Waals surface area (Å²) in [5, 5.41) is 2.16. The highest BCUT2D eigenvalue weighted by Crippen LogP contribution is 2.53. The molecule has 0 amide bonds. The molecular formula is C12H7Br2F. The number of alkyl halides is 2. The van der Waals surface area contributed by atoms with Crippen LogP contribution in [0.25, 0.3) is 10.8 Å². The van der Waals surface area contributed by atoms with Crippen molar-refractivity contribution in [3.63, 3.8) is 0 Å². The first-order valence-electron chi connectivity index (χ1n) is 4.69. The summed E-state index contributed by atoms with van der Waals surface area (Å²) in [6.07, 6.45) is 0. The van der Waals surface area contributed by atoms with E-state index in [0.717, 1.165) is 16.3 Å². The summed E-state index contributed by atoms with van der Waals surface area (Å²) in [5.41, 5.74) is 1.95. The Bertz CT molecular complexity index is 551. The molecule has 0 spiro atoms. The molecule has 2 aromatic rings. The van der Waals surface area contributed by atoms with Gasteiger partial charge >= 0.3 is 0 Å². The maximum absolute atomic E-state index is 13.7. The Morgan fingerprint density at radius 2 is 1.80 bits per heavy atom. The van der Waals surface area contributed by atoms with Crippen LogP contribution in [0.4, 0.5) is 4.39 Å². The lowest BCUT2D eigenvalue weighted by Crippen LogP contribution is -1.91. The van der Waals surface area contributed by atoms with Crippen molar-refractivity contribution in [3.05, 3.63) is 47.3 Å². The Morgan fingerprint density at radius 1 is 1.00 bits per heavy atom. The molecule has 0 heterocycles. The highest BCUT2D eigenvalue weighted by molar-refractivity contribution is 9.12. The fourth-order valence-electron chi connectivity index (χ4n) is 2.21. The van der Waals surface area contributed by atoms with Gasteiger partial charge in [0, 0.05) is 5.56 Å². The van der Waals surface area contributed by atoms with Crippen LogP contribution in [0.2, 0.25) is 0 Å². The van der Waals surface area contributed by atoms with Gasteiger partial charge in [-0.3, -0.25) is 0 Å². The molecule has 0 radical (unpaired) electrons. The Hall–Kier alpha value is -0.410. The highest BCUT2D eigenvalue weighted by Gasteiger charge is 2.32. The molecule has 0 fully saturated rings. The van der Waals surface area contributed by atoms with E-state index >= 15 is 0 Å². The molecule has 0 saturated heterocycles. The molecule has 1 aliphatic rings. The Kier molecular flexibility index (Phi) is 2.15. The third-order valence-electron chi connectivity index (χ3n) is 2.89. The second-order valence-electron chi connectivity index (χ2n) is 3.71. The quantitative estimate of drug-likeness (QED) is 0.605. The summed E-state index contributed by atoms with van der Waals surface area (Å²) in [5.74, 6) is -0.126. The van der Waals surface area contributed by atoms with Crippen molar-refractivity contribution in [2.45, 2.75) is 9.65 Å². The molecule has 3 heteroatoms. The molecule has 3 rings (SSSR count). The molecule has 0 saturated carbocycles. The maximum atomic E-state index is 13.7. The number of rotatable bonds is 0. The predicted octanol–water partition coefficient (Wildman–Crippen LogP) is 4.86. The summed E-state index contributed by atoms with van der Waals surface area (Å²) in [4.78, 5) is 0.187. The van der Waals surface area contributed by atoms with Gasteiger partial charge in [0.2, 0.25) is 0 Å². The fourth-order valence-corrected chi connectivity index (χ4v) is 3.59. The summed E-state index contributed by atoms with van der Waals surface area (Å²) >= 11 is 7.14. The molecule has 0 nitrogen and oxygen atoms in total. The van der Waals surface area contributed by atoms with E-state index in [1.54, 1.807) is 6.07 Å². The van der Waals surface area contributed by atoms with E-state index in [0.29, 0.717) is 0 Å². The standard InChI is InChI=1S/C12H7Br2F/c13-11-7-3-1-2-6-4-5-8(15)10(9(6)7)12(11)14/h1-5,11-12H/t11-,12-/m1/s1. The lowest BCUT2D eigenvalue weighted by atomic mass is 10.1.